The van der Waals surface area contributed by atoms with Crippen LogP contribution in [0.3, 0.4) is 0 Å². The number of carbonyl (C=O) groups is 1. The predicted molar refractivity (Wildman–Crippen MR) is 86.7 cm³/mol. The first-order chi connectivity index (χ1) is 10.3. The van der Waals surface area contributed by atoms with Crippen LogP contribution in [0, 0.1) is 0 Å². The van der Waals surface area contributed by atoms with Gasteiger partial charge in [0.2, 0.25) is 5.91 Å². The molecule has 1 aliphatic carbocycles. The third-order valence-electron chi connectivity index (χ3n) is 4.90. The van der Waals surface area contributed by atoms with Crippen LogP contribution in [0.5, 0.6) is 0 Å². The Kier molecular flexibility index (Phi) is 5.83. The topological polar surface area (TPSA) is 41.6 Å². The second-order valence-electron chi connectivity index (χ2n) is 6.55. The highest BCUT2D eigenvalue weighted by Gasteiger charge is 2.28. The molecule has 3 fully saturated rings. The van der Waals surface area contributed by atoms with E-state index >= 15 is 0 Å². The van der Waals surface area contributed by atoms with E-state index in [1.54, 1.807) is 0 Å². The summed E-state index contributed by atoms with van der Waals surface area (Å²) in [6.07, 6.45) is 8.74. The van der Waals surface area contributed by atoms with Gasteiger partial charge in [0.1, 0.15) is 0 Å². The molecule has 0 aromatic heterocycles. The molecule has 0 aromatic rings. The normalized spacial score (nSPS) is 29.0. The molecular weight excluding hydrogens is 284 g/mol. The molecule has 0 radical (unpaired) electrons. The molecule has 1 N–H and O–H groups in total. The molecule has 1 amide bonds. The molecule has 2 heterocycles. The van der Waals surface area contributed by atoms with Crippen LogP contribution >= 0.6 is 11.8 Å². The maximum absolute atomic E-state index is 12.4. The number of carbonyl (C=O) groups excluding carboxylic acids is 1. The van der Waals surface area contributed by atoms with Gasteiger partial charge in [-0.05, 0) is 25.7 Å². The average molecular weight is 312 g/mol. The third kappa shape index (κ3) is 4.60. The Balaban J connectivity index is 1.37. The first-order valence-corrected chi connectivity index (χ1v) is 9.71. The van der Waals surface area contributed by atoms with Gasteiger partial charge in [0.25, 0.3) is 0 Å². The van der Waals surface area contributed by atoms with Crippen LogP contribution in [0.2, 0.25) is 0 Å². The van der Waals surface area contributed by atoms with E-state index in [1.165, 1.54) is 31.4 Å². The van der Waals surface area contributed by atoms with Gasteiger partial charge in [0.05, 0.1) is 12.2 Å². The largest absolute Gasteiger partial charge is 0.375 e. The van der Waals surface area contributed by atoms with Gasteiger partial charge >= 0.3 is 0 Å². The maximum atomic E-state index is 12.4. The lowest BCUT2D eigenvalue weighted by Crippen LogP contribution is -2.46. The quantitative estimate of drug-likeness (QED) is 0.862. The van der Waals surface area contributed by atoms with Crippen molar-refractivity contribution < 1.29 is 9.53 Å². The Labute approximate surface area is 132 Å². The Morgan fingerprint density at radius 2 is 1.86 bits per heavy atom. The summed E-state index contributed by atoms with van der Waals surface area (Å²) in [5, 5.41) is 3.45. The molecule has 1 saturated carbocycles. The van der Waals surface area contributed by atoms with Gasteiger partial charge in [-0.3, -0.25) is 4.79 Å². The second kappa shape index (κ2) is 7.84. The SMILES string of the molecule is O=C(CC1CSCCN1)N1CCC(OC2CCCC2)CC1. The molecule has 2 aliphatic heterocycles. The van der Waals surface area contributed by atoms with E-state index < -0.39 is 0 Å². The molecule has 1 atom stereocenters. The fourth-order valence-corrected chi connectivity index (χ4v) is 4.58. The van der Waals surface area contributed by atoms with Gasteiger partial charge in [0, 0.05) is 43.6 Å². The maximum Gasteiger partial charge on any atom is 0.224 e. The molecule has 5 heteroatoms. The standard InChI is InChI=1S/C16H28N2O2S/c19-16(11-13-12-21-10-7-17-13)18-8-5-15(6-9-18)20-14-3-1-2-4-14/h13-15,17H,1-12H2. The highest BCUT2D eigenvalue weighted by molar-refractivity contribution is 7.99. The summed E-state index contributed by atoms with van der Waals surface area (Å²) in [4.78, 5) is 14.4. The van der Waals surface area contributed by atoms with Gasteiger partial charge < -0.3 is 15.0 Å². The van der Waals surface area contributed by atoms with Crippen molar-refractivity contribution in [2.75, 3.05) is 31.1 Å². The van der Waals surface area contributed by atoms with E-state index in [1.807, 2.05) is 11.8 Å². The molecule has 0 spiro atoms. The van der Waals surface area contributed by atoms with Gasteiger partial charge in [-0.15, -0.1) is 0 Å². The number of hydrogen-bond donors (Lipinski definition) is 1. The van der Waals surface area contributed by atoms with E-state index in [0.29, 0.717) is 30.6 Å². The number of nitrogens with zero attached hydrogens (tertiary/aromatic N) is 1. The van der Waals surface area contributed by atoms with Crippen LogP contribution in [-0.4, -0.2) is 60.2 Å². The molecule has 0 bridgehead atoms. The zero-order valence-electron chi connectivity index (χ0n) is 12.9. The van der Waals surface area contributed by atoms with Crippen LogP contribution < -0.4 is 5.32 Å². The first kappa shape index (κ1) is 15.6. The predicted octanol–water partition coefficient (Wildman–Crippen LogP) is 2.03. The zero-order chi connectivity index (χ0) is 14.5. The van der Waals surface area contributed by atoms with Crippen molar-refractivity contribution in [2.24, 2.45) is 0 Å². The Bertz CT molecular complexity index is 333. The highest BCUT2D eigenvalue weighted by atomic mass is 32.2. The van der Waals surface area contributed by atoms with Crippen molar-refractivity contribution in [3.63, 3.8) is 0 Å². The fourth-order valence-electron chi connectivity index (χ4n) is 3.63. The van der Waals surface area contributed by atoms with E-state index in [4.69, 9.17) is 4.74 Å². The van der Waals surface area contributed by atoms with Gasteiger partial charge in [-0.1, -0.05) is 12.8 Å². The molecule has 120 valence electrons. The smallest absolute Gasteiger partial charge is 0.224 e. The number of hydrogen-bond acceptors (Lipinski definition) is 4. The Hall–Kier alpha value is -0.260. The highest BCUT2D eigenvalue weighted by Crippen LogP contribution is 2.25. The van der Waals surface area contributed by atoms with Crippen LogP contribution in [0.4, 0.5) is 0 Å². The van der Waals surface area contributed by atoms with Crippen LogP contribution in [0.15, 0.2) is 0 Å². The lowest BCUT2D eigenvalue weighted by Gasteiger charge is -2.34. The first-order valence-electron chi connectivity index (χ1n) is 8.55. The summed E-state index contributed by atoms with van der Waals surface area (Å²) < 4.78 is 6.18. The minimum Gasteiger partial charge on any atom is -0.375 e. The van der Waals surface area contributed by atoms with Crippen LogP contribution in [-0.2, 0) is 9.53 Å². The number of ether oxygens (including phenoxy) is 1. The number of piperidine rings is 1. The second-order valence-corrected chi connectivity index (χ2v) is 7.70. The summed E-state index contributed by atoms with van der Waals surface area (Å²) in [5.74, 6) is 2.58. The molecule has 21 heavy (non-hydrogen) atoms. The molecule has 2 saturated heterocycles. The van der Waals surface area contributed by atoms with E-state index in [2.05, 4.69) is 10.2 Å². The van der Waals surface area contributed by atoms with E-state index in [-0.39, 0.29) is 0 Å². The lowest BCUT2D eigenvalue weighted by molar-refractivity contribution is -0.135. The van der Waals surface area contributed by atoms with Crippen molar-refractivity contribution in [2.45, 2.75) is 63.2 Å². The van der Waals surface area contributed by atoms with E-state index in [9.17, 15) is 4.79 Å². The number of amides is 1. The monoisotopic (exact) mass is 312 g/mol. The zero-order valence-corrected chi connectivity index (χ0v) is 13.7. The molecule has 3 aliphatic rings. The van der Waals surface area contributed by atoms with Crippen molar-refractivity contribution in [3.05, 3.63) is 0 Å². The van der Waals surface area contributed by atoms with Crippen molar-refractivity contribution >= 4 is 17.7 Å². The third-order valence-corrected chi connectivity index (χ3v) is 6.03. The van der Waals surface area contributed by atoms with Crippen molar-refractivity contribution in [3.8, 4) is 0 Å². The fraction of sp³-hybridized carbons (Fsp3) is 0.938. The Morgan fingerprint density at radius 1 is 1.14 bits per heavy atom. The van der Waals surface area contributed by atoms with Crippen LogP contribution in [0.25, 0.3) is 0 Å². The van der Waals surface area contributed by atoms with Crippen LogP contribution in [0.1, 0.15) is 44.9 Å². The van der Waals surface area contributed by atoms with Crippen molar-refractivity contribution in [1.82, 2.24) is 10.2 Å². The summed E-state index contributed by atoms with van der Waals surface area (Å²) in [6, 6.07) is 0.378. The molecular formula is C16H28N2O2S. The molecule has 0 aromatic carbocycles. The lowest BCUT2D eigenvalue weighted by atomic mass is 10.1. The number of rotatable bonds is 4. The van der Waals surface area contributed by atoms with E-state index in [0.717, 1.165) is 38.2 Å². The number of thioether (sulfide) groups is 1. The molecule has 4 nitrogen and oxygen atoms in total. The summed E-state index contributed by atoms with van der Waals surface area (Å²) >= 11 is 1.96. The Morgan fingerprint density at radius 3 is 2.52 bits per heavy atom. The summed E-state index contributed by atoms with van der Waals surface area (Å²) in [6.45, 7) is 2.81. The number of nitrogens with one attached hydrogen (secondary N) is 1. The van der Waals surface area contributed by atoms with Gasteiger partial charge in [-0.25, -0.2) is 0 Å². The number of likely N-dealkylation sites (tertiary alicyclic amines) is 1. The molecule has 3 rings (SSSR count). The minimum absolute atomic E-state index is 0.328. The summed E-state index contributed by atoms with van der Waals surface area (Å²) in [7, 11) is 0. The van der Waals surface area contributed by atoms with Gasteiger partial charge in [0.15, 0.2) is 0 Å². The average Bonchev–Trinajstić information content (AvgIpc) is 3.02. The summed E-state index contributed by atoms with van der Waals surface area (Å²) in [5.41, 5.74) is 0. The minimum atomic E-state index is 0.328. The van der Waals surface area contributed by atoms with Gasteiger partial charge in [-0.2, -0.15) is 11.8 Å². The molecule has 1 unspecified atom stereocenters. The van der Waals surface area contributed by atoms with Crippen molar-refractivity contribution in [1.29, 1.82) is 0 Å².